The van der Waals surface area contributed by atoms with Gasteiger partial charge in [-0.15, -0.1) is 0 Å². The Kier molecular flexibility index (Phi) is 9.28. The van der Waals surface area contributed by atoms with E-state index in [1.54, 1.807) is 43.5 Å². The van der Waals surface area contributed by atoms with Gasteiger partial charge in [0.1, 0.15) is 17.7 Å². The Labute approximate surface area is 245 Å². The molecule has 1 fully saturated rings. The zero-order chi connectivity index (χ0) is 29.3. The van der Waals surface area contributed by atoms with E-state index in [1.807, 2.05) is 54.6 Å². The molecule has 216 valence electrons. The fourth-order valence-electron chi connectivity index (χ4n) is 4.98. The summed E-state index contributed by atoms with van der Waals surface area (Å²) in [5.74, 6) is 0.758. The number of benzene rings is 2. The smallest absolute Gasteiger partial charge is 0.338 e. The van der Waals surface area contributed by atoms with Gasteiger partial charge in [-0.2, -0.15) is 0 Å². The van der Waals surface area contributed by atoms with Gasteiger partial charge in [-0.1, -0.05) is 36.4 Å². The Morgan fingerprint density at radius 2 is 1.76 bits per heavy atom. The molecule has 1 saturated heterocycles. The maximum atomic E-state index is 12.9. The van der Waals surface area contributed by atoms with Crippen LogP contribution in [0.2, 0.25) is 0 Å². The average molecular weight is 567 g/mol. The summed E-state index contributed by atoms with van der Waals surface area (Å²) in [6.07, 6.45) is 8.86. The SMILES string of the molecule is CCOC(=O)c1cccc(NC(=O)C2CCN(c3ccc(NC(=O)C4=CC=CC(Oc5ccccc5)C4)cn3)CC2)c1. The number of allylic oxidation sites excluding steroid dienone is 2. The summed E-state index contributed by atoms with van der Waals surface area (Å²) < 4.78 is 11.0. The topological polar surface area (TPSA) is 110 Å². The average Bonchev–Trinajstić information content (AvgIpc) is 3.02. The van der Waals surface area contributed by atoms with Crippen LogP contribution in [0.15, 0.2) is 96.7 Å². The molecule has 2 heterocycles. The van der Waals surface area contributed by atoms with E-state index in [0.29, 0.717) is 61.5 Å². The molecule has 1 aromatic heterocycles. The number of nitrogens with one attached hydrogen (secondary N) is 2. The van der Waals surface area contributed by atoms with E-state index in [1.165, 1.54) is 0 Å². The van der Waals surface area contributed by atoms with Crippen molar-refractivity contribution in [2.24, 2.45) is 5.92 Å². The van der Waals surface area contributed by atoms with Crippen LogP contribution in [0.1, 0.15) is 36.5 Å². The van der Waals surface area contributed by atoms with E-state index in [0.717, 1.165) is 11.6 Å². The molecular formula is C33H34N4O5. The molecule has 1 atom stereocenters. The molecule has 0 radical (unpaired) electrons. The summed E-state index contributed by atoms with van der Waals surface area (Å²) in [7, 11) is 0. The molecule has 2 N–H and O–H groups in total. The highest BCUT2D eigenvalue weighted by atomic mass is 16.5. The summed E-state index contributed by atoms with van der Waals surface area (Å²) in [4.78, 5) is 44.5. The lowest BCUT2D eigenvalue weighted by atomic mass is 9.95. The van der Waals surface area contributed by atoms with Crippen molar-refractivity contribution in [2.75, 3.05) is 35.2 Å². The Hall–Kier alpha value is -4.92. The number of anilines is 3. The molecule has 0 spiro atoms. The molecule has 2 aliphatic rings. The van der Waals surface area contributed by atoms with Gasteiger partial charge in [0.05, 0.1) is 24.1 Å². The Morgan fingerprint density at radius 3 is 2.50 bits per heavy atom. The molecular weight excluding hydrogens is 532 g/mol. The number of pyridine rings is 1. The van der Waals surface area contributed by atoms with Crippen LogP contribution < -0.4 is 20.3 Å². The predicted molar refractivity (Wildman–Crippen MR) is 162 cm³/mol. The third-order valence-electron chi connectivity index (χ3n) is 7.20. The van der Waals surface area contributed by atoms with E-state index in [-0.39, 0.29) is 23.8 Å². The van der Waals surface area contributed by atoms with Crippen molar-refractivity contribution in [1.29, 1.82) is 0 Å². The Bertz CT molecular complexity index is 1460. The minimum absolute atomic E-state index is 0.0649. The van der Waals surface area contributed by atoms with Crippen LogP contribution in [-0.2, 0) is 14.3 Å². The van der Waals surface area contributed by atoms with E-state index in [2.05, 4.69) is 20.5 Å². The number of hydrogen-bond acceptors (Lipinski definition) is 7. The van der Waals surface area contributed by atoms with Gasteiger partial charge < -0.3 is 25.0 Å². The molecule has 5 rings (SSSR count). The molecule has 9 nitrogen and oxygen atoms in total. The largest absolute Gasteiger partial charge is 0.486 e. The van der Waals surface area contributed by atoms with Gasteiger partial charge in [0, 0.05) is 36.7 Å². The van der Waals surface area contributed by atoms with Crippen molar-refractivity contribution >= 4 is 35.0 Å². The van der Waals surface area contributed by atoms with Crippen molar-refractivity contribution in [2.45, 2.75) is 32.3 Å². The molecule has 0 saturated carbocycles. The molecule has 1 unspecified atom stereocenters. The maximum absolute atomic E-state index is 12.9. The summed E-state index contributed by atoms with van der Waals surface area (Å²) in [5.41, 5.74) is 2.23. The number of hydrogen-bond donors (Lipinski definition) is 2. The molecule has 0 bridgehead atoms. The van der Waals surface area contributed by atoms with Gasteiger partial charge >= 0.3 is 5.97 Å². The molecule has 3 aromatic rings. The summed E-state index contributed by atoms with van der Waals surface area (Å²) >= 11 is 0. The van der Waals surface area contributed by atoms with Crippen molar-refractivity contribution in [3.63, 3.8) is 0 Å². The molecule has 2 aromatic carbocycles. The third-order valence-corrected chi connectivity index (χ3v) is 7.20. The highest BCUT2D eigenvalue weighted by Crippen LogP contribution is 2.25. The first kappa shape index (κ1) is 28.6. The van der Waals surface area contributed by atoms with Crippen molar-refractivity contribution in [3.8, 4) is 5.75 Å². The number of aromatic nitrogens is 1. The molecule has 42 heavy (non-hydrogen) atoms. The number of nitrogens with zero attached hydrogens (tertiary/aromatic N) is 2. The van der Waals surface area contributed by atoms with E-state index in [9.17, 15) is 14.4 Å². The van der Waals surface area contributed by atoms with Gasteiger partial charge in [-0.25, -0.2) is 9.78 Å². The number of carbonyl (C=O) groups is 3. The summed E-state index contributed by atoms with van der Waals surface area (Å²) in [5, 5.41) is 5.86. The Balaban J connectivity index is 1.09. The molecule has 1 aliphatic carbocycles. The quantitative estimate of drug-likeness (QED) is 0.335. The van der Waals surface area contributed by atoms with E-state index in [4.69, 9.17) is 9.47 Å². The van der Waals surface area contributed by atoms with E-state index < -0.39 is 5.97 Å². The number of rotatable bonds is 9. The van der Waals surface area contributed by atoms with Gasteiger partial charge in [-0.05, 0) is 68.3 Å². The number of carbonyl (C=O) groups excluding carboxylic acids is 3. The first-order valence-electron chi connectivity index (χ1n) is 14.2. The van der Waals surface area contributed by atoms with Gasteiger partial charge in [0.2, 0.25) is 5.91 Å². The van der Waals surface area contributed by atoms with E-state index >= 15 is 0 Å². The van der Waals surface area contributed by atoms with Crippen LogP contribution in [0.3, 0.4) is 0 Å². The second-order valence-electron chi connectivity index (χ2n) is 10.2. The number of esters is 1. The number of piperidine rings is 1. The second-order valence-corrected chi connectivity index (χ2v) is 10.2. The number of ether oxygens (including phenoxy) is 2. The van der Waals surface area contributed by atoms with Crippen LogP contribution in [-0.4, -0.2) is 48.6 Å². The highest BCUT2D eigenvalue weighted by Gasteiger charge is 2.26. The number of para-hydroxylation sites is 1. The lowest BCUT2D eigenvalue weighted by Gasteiger charge is -2.32. The summed E-state index contributed by atoms with van der Waals surface area (Å²) in [6, 6.07) is 20.1. The lowest BCUT2D eigenvalue weighted by molar-refractivity contribution is -0.120. The predicted octanol–water partition coefficient (Wildman–Crippen LogP) is 5.39. The van der Waals surface area contributed by atoms with Crippen LogP contribution in [0.25, 0.3) is 0 Å². The Morgan fingerprint density at radius 1 is 0.952 bits per heavy atom. The lowest BCUT2D eigenvalue weighted by Crippen LogP contribution is -2.38. The molecule has 2 amide bonds. The van der Waals surface area contributed by atoms with Crippen molar-refractivity contribution in [3.05, 3.63) is 102 Å². The zero-order valence-corrected chi connectivity index (χ0v) is 23.5. The standard InChI is InChI=1S/C33H34N4O5/c1-2-41-33(40)25-9-6-10-26(20-25)35-31(38)23-16-18-37(19-17-23)30-15-14-27(22-34-30)36-32(39)24-8-7-13-29(21-24)42-28-11-4-3-5-12-28/h3-15,20,22-23,29H,2,16-19,21H2,1H3,(H,35,38)(H,36,39). The first-order valence-corrected chi connectivity index (χ1v) is 14.2. The number of amides is 2. The second kappa shape index (κ2) is 13.6. The zero-order valence-electron chi connectivity index (χ0n) is 23.5. The van der Waals surface area contributed by atoms with Crippen molar-refractivity contribution in [1.82, 2.24) is 4.98 Å². The third kappa shape index (κ3) is 7.42. The van der Waals surface area contributed by atoms with Gasteiger partial charge in [0.15, 0.2) is 0 Å². The highest BCUT2D eigenvalue weighted by molar-refractivity contribution is 6.04. The van der Waals surface area contributed by atoms with Gasteiger partial charge in [-0.3, -0.25) is 9.59 Å². The molecule has 9 heteroatoms. The van der Waals surface area contributed by atoms with Crippen molar-refractivity contribution < 1.29 is 23.9 Å². The molecule has 1 aliphatic heterocycles. The minimum atomic E-state index is -0.412. The van der Waals surface area contributed by atoms with Gasteiger partial charge in [0.25, 0.3) is 5.91 Å². The minimum Gasteiger partial charge on any atom is -0.486 e. The van der Waals surface area contributed by atoms with Crippen LogP contribution in [0.4, 0.5) is 17.2 Å². The van der Waals surface area contributed by atoms with Crippen LogP contribution in [0.5, 0.6) is 5.75 Å². The monoisotopic (exact) mass is 566 g/mol. The van der Waals surface area contributed by atoms with Crippen LogP contribution >= 0.6 is 0 Å². The fraction of sp³-hybridized carbons (Fsp3) is 0.273. The summed E-state index contributed by atoms with van der Waals surface area (Å²) in [6.45, 7) is 3.41. The first-order chi connectivity index (χ1) is 20.5. The normalized spacial score (nSPS) is 16.7. The van der Waals surface area contributed by atoms with Crippen LogP contribution in [0, 0.1) is 5.92 Å². The maximum Gasteiger partial charge on any atom is 0.338 e. The fourth-order valence-corrected chi connectivity index (χ4v) is 4.98.